The summed E-state index contributed by atoms with van der Waals surface area (Å²) in [5.74, 6) is -0.257. The molecule has 0 rings (SSSR count). The number of hydrogen-bond donors (Lipinski definition) is 0. The molecule has 0 aromatic rings. The van der Waals surface area contributed by atoms with Gasteiger partial charge in [-0.15, -0.1) is 0 Å². The molecule has 0 N–H and O–H groups in total. The van der Waals surface area contributed by atoms with Gasteiger partial charge in [0.25, 0.3) is 0 Å². The van der Waals surface area contributed by atoms with Crippen LogP contribution in [-0.2, 0) is 4.74 Å². The molecule has 1 nitrogen and oxygen atoms in total. The maximum absolute atomic E-state index is 12.1. The zero-order valence-electron chi connectivity index (χ0n) is 6.61. The van der Waals surface area contributed by atoms with Gasteiger partial charge in [-0.05, 0) is 6.92 Å². The third-order valence-electron chi connectivity index (χ3n) is 1.15. The second kappa shape index (κ2) is 3.99. The Kier molecular flexibility index (Phi) is 3.60. The molecule has 0 radical (unpaired) electrons. The van der Waals surface area contributed by atoms with Crippen LogP contribution in [0.4, 0.5) is 13.2 Å². The van der Waals surface area contributed by atoms with Crippen LogP contribution in [-0.4, -0.2) is 6.18 Å². The first-order chi connectivity index (χ1) is 5.43. The zero-order chi connectivity index (χ0) is 9.78. The highest BCUT2D eigenvalue weighted by atomic mass is 19.4. The Morgan fingerprint density at radius 2 is 1.83 bits per heavy atom. The van der Waals surface area contributed by atoms with Crippen LogP contribution in [0.5, 0.6) is 0 Å². The van der Waals surface area contributed by atoms with Gasteiger partial charge in [0.1, 0.15) is 5.76 Å². The molecule has 0 amide bonds. The van der Waals surface area contributed by atoms with E-state index < -0.39 is 11.7 Å². The van der Waals surface area contributed by atoms with E-state index in [-0.39, 0.29) is 5.76 Å². The summed E-state index contributed by atoms with van der Waals surface area (Å²) in [6, 6.07) is 0. The summed E-state index contributed by atoms with van der Waals surface area (Å²) in [6.45, 7) is 7.38. The molecule has 0 atom stereocenters. The van der Waals surface area contributed by atoms with E-state index in [9.17, 15) is 13.2 Å². The fourth-order valence-electron chi connectivity index (χ4n) is 0.648. The lowest BCUT2D eigenvalue weighted by atomic mass is 10.2. The van der Waals surface area contributed by atoms with E-state index in [1.54, 1.807) is 0 Å². The minimum absolute atomic E-state index is 0.257. The maximum atomic E-state index is 12.1. The third kappa shape index (κ3) is 2.82. The van der Waals surface area contributed by atoms with E-state index >= 15 is 0 Å². The Morgan fingerprint density at radius 3 is 2.08 bits per heavy atom. The summed E-state index contributed by atoms with van der Waals surface area (Å²) in [7, 11) is 0. The molecule has 0 aliphatic carbocycles. The normalized spacial score (nSPS) is 13.3. The lowest BCUT2D eigenvalue weighted by molar-refractivity contribution is -0.0908. The van der Waals surface area contributed by atoms with Crippen LogP contribution in [0.25, 0.3) is 0 Å². The molecule has 0 aromatic heterocycles. The standard InChI is InChI=1S/C8H9F3O/c1-4-7(8(9,10)11)6(3)12-5-2/h4-5H,1-2H2,3H3/b7-6-. The fourth-order valence-corrected chi connectivity index (χ4v) is 0.648. The lowest BCUT2D eigenvalue weighted by Crippen LogP contribution is -2.12. The Balaban J connectivity index is 4.85. The first-order valence-electron chi connectivity index (χ1n) is 3.11. The SMILES string of the molecule is C=CO/C(C)=C(/C=C)C(F)(F)F. The van der Waals surface area contributed by atoms with Gasteiger partial charge in [0.2, 0.25) is 0 Å². The number of ether oxygens (including phenoxy) is 1. The van der Waals surface area contributed by atoms with Crippen LogP contribution in [0.15, 0.2) is 36.8 Å². The highest BCUT2D eigenvalue weighted by Crippen LogP contribution is 2.29. The molecule has 0 bridgehead atoms. The van der Waals surface area contributed by atoms with Crippen molar-refractivity contribution in [1.29, 1.82) is 0 Å². The summed E-state index contributed by atoms with van der Waals surface area (Å²) >= 11 is 0. The zero-order valence-corrected chi connectivity index (χ0v) is 6.61. The first-order valence-corrected chi connectivity index (χ1v) is 3.11. The van der Waals surface area contributed by atoms with Gasteiger partial charge in [-0.25, -0.2) is 0 Å². The molecule has 0 saturated carbocycles. The molecule has 0 heterocycles. The monoisotopic (exact) mass is 178 g/mol. The van der Waals surface area contributed by atoms with Crippen LogP contribution >= 0.6 is 0 Å². The molecule has 0 unspecified atom stereocenters. The lowest BCUT2D eigenvalue weighted by Gasteiger charge is -2.10. The van der Waals surface area contributed by atoms with Crippen molar-refractivity contribution < 1.29 is 17.9 Å². The summed E-state index contributed by atoms with van der Waals surface area (Å²) in [5.41, 5.74) is -0.887. The van der Waals surface area contributed by atoms with E-state index in [1.807, 2.05) is 0 Å². The van der Waals surface area contributed by atoms with Gasteiger partial charge in [0.15, 0.2) is 0 Å². The molecule has 0 aromatic carbocycles. The average Bonchev–Trinajstić information content (AvgIpc) is 1.85. The fraction of sp³-hybridized carbons (Fsp3) is 0.250. The van der Waals surface area contributed by atoms with Crippen LogP contribution in [0.3, 0.4) is 0 Å². The molecule has 0 saturated heterocycles. The molecule has 0 aliphatic rings. The number of halogens is 3. The van der Waals surface area contributed by atoms with Gasteiger partial charge >= 0.3 is 6.18 Å². The van der Waals surface area contributed by atoms with Crippen molar-refractivity contribution in [3.63, 3.8) is 0 Å². The van der Waals surface area contributed by atoms with Crippen molar-refractivity contribution in [2.75, 3.05) is 0 Å². The molecule has 0 spiro atoms. The predicted octanol–water partition coefficient (Wildman–Crippen LogP) is 3.17. The molecule has 4 heteroatoms. The van der Waals surface area contributed by atoms with Crippen molar-refractivity contribution in [3.05, 3.63) is 36.8 Å². The quantitative estimate of drug-likeness (QED) is 0.476. The second-order valence-electron chi connectivity index (χ2n) is 1.96. The molecule has 0 aliphatic heterocycles. The van der Waals surface area contributed by atoms with Crippen molar-refractivity contribution in [3.8, 4) is 0 Å². The summed E-state index contributed by atoms with van der Waals surface area (Å²) in [6.07, 6.45) is -2.78. The van der Waals surface area contributed by atoms with Gasteiger partial charge in [-0.1, -0.05) is 19.2 Å². The highest BCUT2D eigenvalue weighted by molar-refractivity contribution is 5.24. The molecule has 0 fully saturated rings. The van der Waals surface area contributed by atoms with Crippen molar-refractivity contribution in [2.24, 2.45) is 0 Å². The largest absolute Gasteiger partial charge is 0.470 e. The topological polar surface area (TPSA) is 9.23 Å². The Hall–Kier alpha value is -1.19. The van der Waals surface area contributed by atoms with Crippen LogP contribution in [0.1, 0.15) is 6.92 Å². The van der Waals surface area contributed by atoms with Gasteiger partial charge in [-0.3, -0.25) is 0 Å². The number of hydrogen-bond acceptors (Lipinski definition) is 1. The average molecular weight is 178 g/mol. The van der Waals surface area contributed by atoms with Crippen LogP contribution < -0.4 is 0 Å². The van der Waals surface area contributed by atoms with Gasteiger partial charge in [0, 0.05) is 0 Å². The van der Waals surface area contributed by atoms with E-state index in [0.29, 0.717) is 6.08 Å². The summed E-state index contributed by atoms with van der Waals surface area (Å²) in [4.78, 5) is 0. The highest BCUT2D eigenvalue weighted by Gasteiger charge is 2.33. The van der Waals surface area contributed by atoms with Crippen LogP contribution in [0.2, 0.25) is 0 Å². The molecular weight excluding hydrogens is 169 g/mol. The van der Waals surface area contributed by atoms with Crippen molar-refractivity contribution in [1.82, 2.24) is 0 Å². The molecule has 68 valence electrons. The maximum Gasteiger partial charge on any atom is 0.419 e. The summed E-state index contributed by atoms with van der Waals surface area (Å²) < 4.78 is 40.6. The van der Waals surface area contributed by atoms with Gasteiger partial charge < -0.3 is 4.74 Å². The molecule has 12 heavy (non-hydrogen) atoms. The Labute approximate surface area is 68.8 Å². The van der Waals surface area contributed by atoms with E-state index in [1.165, 1.54) is 6.92 Å². The smallest absolute Gasteiger partial charge is 0.419 e. The second-order valence-corrected chi connectivity index (χ2v) is 1.96. The number of rotatable bonds is 3. The van der Waals surface area contributed by atoms with Gasteiger partial charge in [-0.2, -0.15) is 13.2 Å². The van der Waals surface area contributed by atoms with Crippen molar-refractivity contribution >= 4 is 0 Å². The first kappa shape index (κ1) is 10.8. The Morgan fingerprint density at radius 1 is 1.33 bits per heavy atom. The summed E-state index contributed by atoms with van der Waals surface area (Å²) in [5, 5.41) is 0. The Bertz CT molecular complexity index is 213. The van der Waals surface area contributed by atoms with E-state index in [4.69, 9.17) is 0 Å². The van der Waals surface area contributed by atoms with E-state index in [0.717, 1.165) is 6.26 Å². The van der Waals surface area contributed by atoms with Crippen molar-refractivity contribution in [2.45, 2.75) is 13.1 Å². The van der Waals surface area contributed by atoms with Gasteiger partial charge in [0.05, 0.1) is 11.8 Å². The number of alkyl halides is 3. The minimum atomic E-state index is -4.42. The third-order valence-corrected chi connectivity index (χ3v) is 1.15. The van der Waals surface area contributed by atoms with E-state index in [2.05, 4.69) is 17.9 Å². The minimum Gasteiger partial charge on any atom is -0.470 e. The molecular formula is C8H9F3O. The predicted molar refractivity (Wildman–Crippen MR) is 40.2 cm³/mol. The van der Waals surface area contributed by atoms with Crippen LogP contribution in [0, 0.1) is 0 Å². The number of allylic oxidation sites excluding steroid dienone is 3.